The Labute approximate surface area is 215 Å². The van der Waals surface area contributed by atoms with Gasteiger partial charge in [0.15, 0.2) is 11.5 Å². The number of benzene rings is 3. The molecule has 4 aromatic rings. The number of amides is 2. The highest BCUT2D eigenvalue weighted by Gasteiger charge is 2.33. The van der Waals surface area contributed by atoms with Crippen LogP contribution in [0.5, 0.6) is 11.5 Å². The number of urea groups is 1. The molecule has 0 fully saturated rings. The van der Waals surface area contributed by atoms with Crippen molar-refractivity contribution in [3.63, 3.8) is 0 Å². The molecule has 2 amide bonds. The molecule has 1 atom stereocenters. The number of aromatic nitrogens is 1. The van der Waals surface area contributed by atoms with Crippen molar-refractivity contribution in [2.75, 3.05) is 26.6 Å². The first kappa shape index (κ1) is 24.0. The Morgan fingerprint density at radius 3 is 2.35 bits per heavy atom. The molecule has 8 nitrogen and oxygen atoms in total. The zero-order valence-corrected chi connectivity index (χ0v) is 20.8. The maximum Gasteiger partial charge on any atom is 0.337 e. The smallest absolute Gasteiger partial charge is 0.337 e. The molecule has 0 saturated heterocycles. The van der Waals surface area contributed by atoms with E-state index in [9.17, 15) is 9.59 Å². The van der Waals surface area contributed by atoms with Crippen molar-refractivity contribution in [3.8, 4) is 17.2 Å². The molecule has 1 aromatic heterocycles. The zero-order valence-electron chi connectivity index (χ0n) is 20.8. The van der Waals surface area contributed by atoms with E-state index in [1.54, 1.807) is 43.4 Å². The number of methoxy groups -OCH3 is 3. The Hall–Kier alpha value is -4.72. The molecule has 0 aliphatic carbocycles. The summed E-state index contributed by atoms with van der Waals surface area (Å²) in [5.74, 6) is 0.759. The normalized spacial score (nSPS) is 14.1. The SMILES string of the molecule is COC(=O)c1ccc(NC(=O)N2Cc3ccccc3-n3cccc3[C@H]2c2ccc(OC)c(OC)c2)cc1. The summed E-state index contributed by atoms with van der Waals surface area (Å²) in [4.78, 5) is 27.5. The van der Waals surface area contributed by atoms with Crippen molar-refractivity contribution < 1.29 is 23.8 Å². The van der Waals surface area contributed by atoms with Gasteiger partial charge in [-0.1, -0.05) is 24.3 Å². The Balaban J connectivity index is 1.58. The van der Waals surface area contributed by atoms with Gasteiger partial charge in [-0.3, -0.25) is 0 Å². The summed E-state index contributed by atoms with van der Waals surface area (Å²) in [5.41, 5.74) is 4.82. The van der Waals surface area contributed by atoms with Gasteiger partial charge in [0.1, 0.15) is 0 Å². The van der Waals surface area contributed by atoms with E-state index < -0.39 is 12.0 Å². The number of nitrogens with zero attached hydrogens (tertiary/aromatic N) is 2. The van der Waals surface area contributed by atoms with E-state index in [0.717, 1.165) is 22.5 Å². The van der Waals surface area contributed by atoms with Gasteiger partial charge >= 0.3 is 12.0 Å². The second-order valence-electron chi connectivity index (χ2n) is 8.58. The number of carbonyl (C=O) groups excluding carboxylic acids is 2. The lowest BCUT2D eigenvalue weighted by atomic mass is 10.0. The quantitative estimate of drug-likeness (QED) is 0.373. The molecule has 2 heterocycles. The highest BCUT2D eigenvalue weighted by molar-refractivity contribution is 5.92. The molecule has 5 rings (SSSR count). The second kappa shape index (κ2) is 10.1. The molecular formula is C29H27N3O5. The summed E-state index contributed by atoms with van der Waals surface area (Å²) in [6.45, 7) is 0.378. The number of hydrogen-bond donors (Lipinski definition) is 1. The van der Waals surface area contributed by atoms with Crippen LogP contribution in [0.1, 0.15) is 33.2 Å². The number of nitrogens with one attached hydrogen (secondary N) is 1. The number of ether oxygens (including phenoxy) is 3. The summed E-state index contributed by atoms with van der Waals surface area (Å²) in [6, 6.07) is 23.7. The minimum Gasteiger partial charge on any atom is -0.493 e. The number of rotatable bonds is 5. The first-order chi connectivity index (χ1) is 18.0. The minimum atomic E-state index is -0.434. The molecule has 1 N–H and O–H groups in total. The third kappa shape index (κ3) is 4.49. The molecule has 0 saturated carbocycles. The third-order valence-corrected chi connectivity index (χ3v) is 6.51. The van der Waals surface area contributed by atoms with E-state index in [0.29, 0.717) is 29.3 Å². The van der Waals surface area contributed by atoms with Crippen molar-refractivity contribution >= 4 is 17.7 Å². The van der Waals surface area contributed by atoms with Gasteiger partial charge in [-0.05, 0) is 65.7 Å². The van der Waals surface area contributed by atoms with Gasteiger partial charge in [0, 0.05) is 17.6 Å². The fourth-order valence-electron chi connectivity index (χ4n) is 4.72. The van der Waals surface area contributed by atoms with Gasteiger partial charge in [0.05, 0.1) is 45.2 Å². The van der Waals surface area contributed by atoms with E-state index >= 15 is 0 Å². The fraction of sp³-hybridized carbons (Fsp3) is 0.172. The molecule has 0 unspecified atom stereocenters. The Bertz CT molecular complexity index is 1440. The summed E-state index contributed by atoms with van der Waals surface area (Å²) >= 11 is 0. The van der Waals surface area contributed by atoms with Crippen LogP contribution in [0.4, 0.5) is 10.5 Å². The molecule has 188 valence electrons. The highest BCUT2D eigenvalue weighted by Crippen LogP contribution is 2.39. The van der Waals surface area contributed by atoms with Crippen LogP contribution >= 0.6 is 0 Å². The van der Waals surface area contributed by atoms with Gasteiger partial charge in [0.2, 0.25) is 0 Å². The van der Waals surface area contributed by atoms with Crippen LogP contribution < -0.4 is 14.8 Å². The standard InChI is InChI=1S/C29H27N3O5/c1-35-25-15-12-20(17-26(25)36-2)27-24-9-6-16-31(24)23-8-5-4-7-21(23)18-32(27)29(34)30-22-13-10-19(11-14-22)28(33)37-3/h4-17,27H,18H2,1-3H3,(H,30,34)/t27-/m1/s1. The van der Waals surface area contributed by atoms with E-state index in [2.05, 4.69) is 16.0 Å². The number of para-hydroxylation sites is 1. The largest absolute Gasteiger partial charge is 0.493 e. The van der Waals surface area contributed by atoms with Crippen molar-refractivity contribution in [1.29, 1.82) is 0 Å². The zero-order chi connectivity index (χ0) is 25.9. The van der Waals surface area contributed by atoms with Gasteiger partial charge in [-0.25, -0.2) is 9.59 Å². The predicted molar refractivity (Wildman–Crippen MR) is 140 cm³/mol. The fourth-order valence-corrected chi connectivity index (χ4v) is 4.72. The topological polar surface area (TPSA) is 82.0 Å². The summed E-state index contributed by atoms with van der Waals surface area (Å²) in [7, 11) is 4.52. The number of fused-ring (bicyclic) bond motifs is 3. The van der Waals surface area contributed by atoms with E-state index in [1.165, 1.54) is 7.11 Å². The Morgan fingerprint density at radius 1 is 0.865 bits per heavy atom. The van der Waals surface area contributed by atoms with Crippen LogP contribution in [0.15, 0.2) is 85.1 Å². The van der Waals surface area contributed by atoms with E-state index in [4.69, 9.17) is 14.2 Å². The van der Waals surface area contributed by atoms with Crippen LogP contribution in [-0.4, -0.2) is 42.8 Å². The van der Waals surface area contributed by atoms with Crippen LogP contribution in [0.3, 0.4) is 0 Å². The van der Waals surface area contributed by atoms with Crippen molar-refractivity contribution in [2.24, 2.45) is 0 Å². The third-order valence-electron chi connectivity index (χ3n) is 6.51. The first-order valence-corrected chi connectivity index (χ1v) is 11.8. The molecular weight excluding hydrogens is 470 g/mol. The molecule has 3 aromatic carbocycles. The van der Waals surface area contributed by atoms with E-state index in [1.807, 2.05) is 54.7 Å². The van der Waals surface area contributed by atoms with Gasteiger partial charge < -0.3 is 29.0 Å². The lowest BCUT2D eigenvalue weighted by molar-refractivity contribution is 0.0600. The average Bonchev–Trinajstić information content (AvgIpc) is 3.36. The Morgan fingerprint density at radius 2 is 1.62 bits per heavy atom. The van der Waals surface area contributed by atoms with Crippen LogP contribution in [-0.2, 0) is 11.3 Å². The number of esters is 1. The minimum absolute atomic E-state index is 0.282. The lowest BCUT2D eigenvalue weighted by Gasteiger charge is -2.31. The van der Waals surface area contributed by atoms with Crippen molar-refractivity contribution in [2.45, 2.75) is 12.6 Å². The molecule has 37 heavy (non-hydrogen) atoms. The molecule has 1 aliphatic rings. The van der Waals surface area contributed by atoms with Crippen LogP contribution in [0.2, 0.25) is 0 Å². The summed E-state index contributed by atoms with van der Waals surface area (Å²) in [5, 5.41) is 3.00. The van der Waals surface area contributed by atoms with Gasteiger partial charge in [-0.2, -0.15) is 0 Å². The molecule has 0 bridgehead atoms. The second-order valence-corrected chi connectivity index (χ2v) is 8.58. The van der Waals surface area contributed by atoms with Crippen molar-refractivity contribution in [3.05, 3.63) is 107 Å². The summed E-state index contributed by atoms with van der Waals surface area (Å²) < 4.78 is 17.9. The Kier molecular flexibility index (Phi) is 6.55. The highest BCUT2D eigenvalue weighted by atomic mass is 16.5. The number of hydrogen-bond acceptors (Lipinski definition) is 5. The molecule has 0 spiro atoms. The molecule has 0 radical (unpaired) electrons. The number of anilines is 1. The van der Waals surface area contributed by atoms with Crippen LogP contribution in [0, 0.1) is 0 Å². The van der Waals surface area contributed by atoms with Gasteiger partial charge in [-0.15, -0.1) is 0 Å². The number of carbonyl (C=O) groups is 2. The maximum atomic E-state index is 13.9. The van der Waals surface area contributed by atoms with Crippen molar-refractivity contribution in [1.82, 2.24) is 9.47 Å². The molecule has 1 aliphatic heterocycles. The lowest BCUT2D eigenvalue weighted by Crippen LogP contribution is -2.38. The first-order valence-electron chi connectivity index (χ1n) is 11.8. The summed E-state index contributed by atoms with van der Waals surface area (Å²) in [6.07, 6.45) is 2.01. The van der Waals surface area contributed by atoms with Gasteiger partial charge in [0.25, 0.3) is 0 Å². The monoisotopic (exact) mass is 497 g/mol. The van der Waals surface area contributed by atoms with Crippen LogP contribution in [0.25, 0.3) is 5.69 Å². The van der Waals surface area contributed by atoms with E-state index in [-0.39, 0.29) is 6.03 Å². The predicted octanol–water partition coefficient (Wildman–Crippen LogP) is 5.42. The average molecular weight is 498 g/mol. The molecule has 8 heteroatoms. The maximum absolute atomic E-state index is 13.9.